The molecule has 1 fully saturated rings. The highest BCUT2D eigenvalue weighted by Crippen LogP contribution is 2.40. The second-order valence-electron chi connectivity index (χ2n) is 6.88. The van der Waals surface area contributed by atoms with Crippen LogP contribution < -0.4 is 5.73 Å². The Bertz CT molecular complexity index is 385. The first-order valence-corrected chi connectivity index (χ1v) is 7.41. The average Bonchev–Trinajstić information content (AvgIpc) is 2.80. The van der Waals surface area contributed by atoms with Crippen molar-refractivity contribution in [2.45, 2.75) is 58.0 Å². The molecule has 2 N–H and O–H groups in total. The fraction of sp³-hybridized carbons (Fsp3) is 0.750. The number of nitrogens with zero attached hydrogens (tertiary/aromatic N) is 1. The molecule has 0 aromatic carbocycles. The number of likely N-dealkylation sites (N-methyl/N-ethyl adjacent to an activating group) is 1. The topological polar surface area (TPSA) is 42.4 Å². The summed E-state index contributed by atoms with van der Waals surface area (Å²) >= 11 is 0. The van der Waals surface area contributed by atoms with E-state index in [2.05, 4.69) is 25.8 Å². The van der Waals surface area contributed by atoms with Gasteiger partial charge in [-0.1, -0.05) is 20.3 Å². The largest absolute Gasteiger partial charge is 0.468 e. The van der Waals surface area contributed by atoms with Crippen LogP contribution in [0.15, 0.2) is 22.8 Å². The van der Waals surface area contributed by atoms with Gasteiger partial charge in [-0.15, -0.1) is 0 Å². The lowest BCUT2D eigenvalue weighted by atomic mass is 9.83. The van der Waals surface area contributed by atoms with Gasteiger partial charge in [0.25, 0.3) is 0 Å². The molecule has 0 bridgehead atoms. The number of furan rings is 1. The molecular formula is C16H28N2O. The molecule has 19 heavy (non-hydrogen) atoms. The van der Waals surface area contributed by atoms with Crippen LogP contribution in [-0.2, 0) is 6.54 Å². The van der Waals surface area contributed by atoms with E-state index in [1.165, 1.54) is 32.1 Å². The Balaban J connectivity index is 2.08. The minimum Gasteiger partial charge on any atom is -0.468 e. The fourth-order valence-corrected chi connectivity index (χ4v) is 3.26. The number of nitrogens with two attached hydrogens (primary N) is 1. The van der Waals surface area contributed by atoms with Crippen LogP contribution in [0.3, 0.4) is 0 Å². The predicted molar refractivity (Wildman–Crippen MR) is 78.8 cm³/mol. The van der Waals surface area contributed by atoms with Crippen LogP contribution in [0.1, 0.15) is 51.7 Å². The molecule has 1 aliphatic carbocycles. The zero-order chi connectivity index (χ0) is 13.9. The van der Waals surface area contributed by atoms with Gasteiger partial charge in [0.15, 0.2) is 0 Å². The molecule has 1 aliphatic rings. The van der Waals surface area contributed by atoms with Crippen LogP contribution in [0.5, 0.6) is 0 Å². The zero-order valence-corrected chi connectivity index (χ0v) is 12.6. The maximum absolute atomic E-state index is 6.15. The molecule has 1 unspecified atom stereocenters. The van der Waals surface area contributed by atoms with E-state index in [9.17, 15) is 0 Å². The summed E-state index contributed by atoms with van der Waals surface area (Å²) in [5, 5.41) is 0. The third-order valence-electron chi connectivity index (χ3n) is 4.93. The van der Waals surface area contributed by atoms with Gasteiger partial charge in [-0.2, -0.15) is 0 Å². The molecule has 1 aromatic heterocycles. The van der Waals surface area contributed by atoms with Crippen LogP contribution in [-0.4, -0.2) is 24.0 Å². The molecule has 0 aliphatic heterocycles. The van der Waals surface area contributed by atoms with Gasteiger partial charge in [-0.25, -0.2) is 0 Å². The first-order chi connectivity index (χ1) is 8.97. The van der Waals surface area contributed by atoms with E-state index in [0.29, 0.717) is 5.41 Å². The van der Waals surface area contributed by atoms with Crippen LogP contribution in [0, 0.1) is 5.41 Å². The Kier molecular flexibility index (Phi) is 4.36. The third-order valence-corrected chi connectivity index (χ3v) is 4.93. The number of hydrogen-bond donors (Lipinski definition) is 1. The number of rotatable bonds is 4. The van der Waals surface area contributed by atoms with E-state index in [0.717, 1.165) is 18.8 Å². The standard InChI is InChI=1S/C16H28N2O/c1-15(2)7-5-8-16(13-17,10-9-15)18(3)12-14-6-4-11-19-14/h4,6,11H,5,7-10,12-13,17H2,1-3H3. The third kappa shape index (κ3) is 3.40. The average molecular weight is 264 g/mol. The maximum Gasteiger partial charge on any atom is 0.117 e. The second-order valence-corrected chi connectivity index (χ2v) is 6.88. The minimum absolute atomic E-state index is 0.139. The zero-order valence-electron chi connectivity index (χ0n) is 12.6. The molecule has 0 spiro atoms. The molecule has 1 atom stereocenters. The predicted octanol–water partition coefficient (Wildman–Crippen LogP) is 3.40. The van der Waals surface area contributed by atoms with Gasteiger partial charge in [0, 0.05) is 12.1 Å². The fourth-order valence-electron chi connectivity index (χ4n) is 3.26. The molecule has 1 aromatic rings. The van der Waals surface area contributed by atoms with Gasteiger partial charge in [0.05, 0.1) is 12.8 Å². The van der Waals surface area contributed by atoms with Crippen molar-refractivity contribution in [3.63, 3.8) is 0 Å². The SMILES string of the molecule is CN(Cc1ccco1)C1(CN)CCCC(C)(C)CC1. The van der Waals surface area contributed by atoms with Crippen molar-refractivity contribution in [3.8, 4) is 0 Å². The molecule has 0 saturated heterocycles. The van der Waals surface area contributed by atoms with Gasteiger partial charge in [0.2, 0.25) is 0 Å². The summed E-state index contributed by atoms with van der Waals surface area (Å²) in [6.45, 7) is 6.35. The lowest BCUT2D eigenvalue weighted by molar-refractivity contribution is 0.0889. The van der Waals surface area contributed by atoms with E-state index in [1.807, 2.05) is 12.1 Å². The van der Waals surface area contributed by atoms with Crippen LogP contribution >= 0.6 is 0 Å². The van der Waals surface area contributed by atoms with E-state index >= 15 is 0 Å². The molecule has 0 amide bonds. The Labute approximate surface area is 117 Å². The molecule has 3 nitrogen and oxygen atoms in total. The van der Waals surface area contributed by atoms with Crippen LogP contribution in [0.4, 0.5) is 0 Å². The highest BCUT2D eigenvalue weighted by atomic mass is 16.3. The van der Waals surface area contributed by atoms with Crippen molar-refractivity contribution in [2.24, 2.45) is 11.1 Å². The van der Waals surface area contributed by atoms with E-state index < -0.39 is 0 Å². The van der Waals surface area contributed by atoms with Crippen LogP contribution in [0.2, 0.25) is 0 Å². The Morgan fingerprint density at radius 1 is 1.26 bits per heavy atom. The Morgan fingerprint density at radius 3 is 2.68 bits per heavy atom. The van der Waals surface area contributed by atoms with Crippen LogP contribution in [0.25, 0.3) is 0 Å². The van der Waals surface area contributed by atoms with E-state index in [1.54, 1.807) is 6.26 Å². The number of hydrogen-bond acceptors (Lipinski definition) is 3. The molecule has 2 rings (SSSR count). The maximum atomic E-state index is 6.15. The molecule has 1 saturated carbocycles. The van der Waals surface area contributed by atoms with Crippen molar-refractivity contribution in [2.75, 3.05) is 13.6 Å². The first-order valence-electron chi connectivity index (χ1n) is 7.41. The minimum atomic E-state index is 0.139. The molecule has 1 heterocycles. The summed E-state index contributed by atoms with van der Waals surface area (Å²) in [4.78, 5) is 2.41. The van der Waals surface area contributed by atoms with Gasteiger partial charge < -0.3 is 10.2 Å². The van der Waals surface area contributed by atoms with E-state index in [-0.39, 0.29) is 5.54 Å². The quantitative estimate of drug-likeness (QED) is 0.848. The first kappa shape index (κ1) is 14.6. The van der Waals surface area contributed by atoms with E-state index in [4.69, 9.17) is 10.2 Å². The van der Waals surface area contributed by atoms with Crippen molar-refractivity contribution in [1.82, 2.24) is 4.90 Å². The summed E-state index contributed by atoms with van der Waals surface area (Å²) in [5.41, 5.74) is 6.75. The highest BCUT2D eigenvalue weighted by molar-refractivity contribution is 5.01. The van der Waals surface area contributed by atoms with Crippen molar-refractivity contribution < 1.29 is 4.42 Å². The second kappa shape index (κ2) is 5.68. The van der Waals surface area contributed by atoms with Crippen molar-refractivity contribution >= 4 is 0 Å². The van der Waals surface area contributed by atoms with Crippen molar-refractivity contribution in [3.05, 3.63) is 24.2 Å². The molecular weight excluding hydrogens is 236 g/mol. The lowest BCUT2D eigenvalue weighted by Gasteiger charge is -2.41. The molecule has 108 valence electrons. The summed E-state index contributed by atoms with van der Waals surface area (Å²) in [6, 6.07) is 4.00. The summed E-state index contributed by atoms with van der Waals surface area (Å²) < 4.78 is 5.47. The highest BCUT2D eigenvalue weighted by Gasteiger charge is 2.37. The van der Waals surface area contributed by atoms with Gasteiger partial charge in [-0.05, 0) is 50.3 Å². The molecule has 0 radical (unpaired) electrons. The summed E-state index contributed by atoms with van der Waals surface area (Å²) in [6.07, 6.45) is 7.97. The van der Waals surface area contributed by atoms with Gasteiger partial charge in [0.1, 0.15) is 5.76 Å². The summed E-state index contributed by atoms with van der Waals surface area (Å²) in [5.74, 6) is 1.03. The normalized spacial score (nSPS) is 27.4. The van der Waals surface area contributed by atoms with Gasteiger partial charge >= 0.3 is 0 Å². The Morgan fingerprint density at radius 2 is 2.05 bits per heavy atom. The molecule has 3 heteroatoms. The van der Waals surface area contributed by atoms with Gasteiger partial charge in [-0.3, -0.25) is 4.90 Å². The monoisotopic (exact) mass is 264 g/mol. The lowest BCUT2D eigenvalue weighted by Crippen LogP contribution is -2.51. The Hall–Kier alpha value is -0.800. The smallest absolute Gasteiger partial charge is 0.117 e. The summed E-state index contributed by atoms with van der Waals surface area (Å²) in [7, 11) is 2.19. The van der Waals surface area contributed by atoms with Crippen molar-refractivity contribution in [1.29, 1.82) is 0 Å².